The molecule has 8 heteroatoms. The van der Waals surface area contributed by atoms with Crippen LogP contribution in [0.25, 0.3) is 5.65 Å². The summed E-state index contributed by atoms with van der Waals surface area (Å²) >= 11 is 0. The molecule has 1 aliphatic carbocycles. The van der Waals surface area contributed by atoms with Gasteiger partial charge < -0.3 is 9.80 Å². The van der Waals surface area contributed by atoms with E-state index in [0.29, 0.717) is 0 Å². The Kier molecular flexibility index (Phi) is 3.46. The summed E-state index contributed by atoms with van der Waals surface area (Å²) < 4.78 is 1.92. The number of rotatable bonds is 2. The van der Waals surface area contributed by atoms with E-state index in [1.54, 1.807) is 12.7 Å². The lowest BCUT2D eigenvalue weighted by Crippen LogP contribution is -2.32. The average Bonchev–Trinajstić information content (AvgIpc) is 3.25. The van der Waals surface area contributed by atoms with Gasteiger partial charge in [-0.15, -0.1) is 10.2 Å². The Balaban J connectivity index is 1.41. The molecule has 3 aromatic heterocycles. The zero-order valence-corrected chi connectivity index (χ0v) is 14.0. The predicted octanol–water partition coefficient (Wildman–Crippen LogP) is 1.12. The van der Waals surface area contributed by atoms with E-state index in [2.05, 4.69) is 34.9 Å². The monoisotopic (exact) mass is 336 g/mol. The third-order valence-electron chi connectivity index (χ3n) is 5.14. The summed E-state index contributed by atoms with van der Waals surface area (Å²) in [7, 11) is 0. The number of fused-ring (bicyclic) bond motifs is 2. The van der Waals surface area contributed by atoms with Crippen LogP contribution in [0.3, 0.4) is 0 Å². The second-order valence-corrected chi connectivity index (χ2v) is 6.62. The lowest BCUT2D eigenvalue weighted by molar-refractivity contribution is 0.787. The van der Waals surface area contributed by atoms with Crippen molar-refractivity contribution in [3.8, 4) is 0 Å². The van der Waals surface area contributed by atoms with Gasteiger partial charge in [-0.3, -0.25) is 4.40 Å². The maximum absolute atomic E-state index is 4.61. The Morgan fingerprint density at radius 3 is 2.64 bits per heavy atom. The van der Waals surface area contributed by atoms with Crippen LogP contribution in [-0.4, -0.2) is 55.7 Å². The number of hydrogen-bond donors (Lipinski definition) is 0. The third-order valence-corrected chi connectivity index (χ3v) is 5.14. The number of aryl methyl sites for hydroxylation is 1. The van der Waals surface area contributed by atoms with Crippen molar-refractivity contribution in [1.82, 2.24) is 29.5 Å². The highest BCUT2D eigenvalue weighted by atomic mass is 15.3. The van der Waals surface area contributed by atoms with Crippen molar-refractivity contribution in [3.05, 3.63) is 36.3 Å². The highest BCUT2D eigenvalue weighted by Crippen LogP contribution is 2.29. The molecule has 0 N–H and O–H groups in total. The molecule has 1 aliphatic heterocycles. The molecule has 0 radical (unpaired) electrons. The first kappa shape index (κ1) is 14.6. The van der Waals surface area contributed by atoms with E-state index < -0.39 is 0 Å². The van der Waals surface area contributed by atoms with Gasteiger partial charge >= 0.3 is 0 Å². The minimum atomic E-state index is 0.818. The topological polar surface area (TPSA) is 75.3 Å². The average molecular weight is 336 g/mol. The van der Waals surface area contributed by atoms with Gasteiger partial charge in [-0.2, -0.15) is 0 Å². The second-order valence-electron chi connectivity index (χ2n) is 6.62. The van der Waals surface area contributed by atoms with Crippen LogP contribution in [-0.2, 0) is 12.8 Å². The van der Waals surface area contributed by atoms with E-state index >= 15 is 0 Å². The van der Waals surface area contributed by atoms with Gasteiger partial charge in [0.1, 0.15) is 18.5 Å². The number of hydrogen-bond acceptors (Lipinski definition) is 7. The first-order valence-electron chi connectivity index (χ1n) is 8.87. The van der Waals surface area contributed by atoms with Gasteiger partial charge in [-0.05, 0) is 25.7 Å². The van der Waals surface area contributed by atoms with Gasteiger partial charge in [0.15, 0.2) is 5.82 Å². The molecule has 0 unspecified atom stereocenters. The Hall–Kier alpha value is -2.77. The summed E-state index contributed by atoms with van der Waals surface area (Å²) in [5.74, 6) is 2.05. The van der Waals surface area contributed by atoms with E-state index in [4.69, 9.17) is 0 Å². The molecule has 0 amide bonds. The van der Waals surface area contributed by atoms with Crippen molar-refractivity contribution >= 4 is 17.3 Å². The first-order valence-corrected chi connectivity index (χ1v) is 8.87. The van der Waals surface area contributed by atoms with Crippen LogP contribution >= 0.6 is 0 Å². The number of anilines is 2. The fraction of sp³-hybridized carbons (Fsp3) is 0.471. The summed E-state index contributed by atoms with van der Waals surface area (Å²) in [6.45, 7) is 3.80. The molecule has 1 fully saturated rings. The van der Waals surface area contributed by atoms with Crippen LogP contribution in [0.15, 0.2) is 25.0 Å². The van der Waals surface area contributed by atoms with Crippen LogP contribution in [0.2, 0.25) is 0 Å². The third kappa shape index (κ3) is 2.48. The van der Waals surface area contributed by atoms with Gasteiger partial charge in [0.2, 0.25) is 5.65 Å². The van der Waals surface area contributed by atoms with Gasteiger partial charge in [0.25, 0.3) is 0 Å². The zero-order valence-electron chi connectivity index (χ0n) is 14.0. The lowest BCUT2D eigenvalue weighted by atomic mass is 10.2. The van der Waals surface area contributed by atoms with Crippen molar-refractivity contribution in [3.63, 3.8) is 0 Å². The smallest absolute Gasteiger partial charge is 0.203 e. The van der Waals surface area contributed by atoms with Crippen molar-refractivity contribution < 1.29 is 0 Å². The van der Waals surface area contributed by atoms with E-state index in [-0.39, 0.29) is 0 Å². The largest absolute Gasteiger partial charge is 0.354 e. The molecule has 0 bridgehead atoms. The molecule has 25 heavy (non-hydrogen) atoms. The van der Waals surface area contributed by atoms with Crippen LogP contribution in [0, 0.1) is 0 Å². The normalized spacial score (nSPS) is 17.8. The second kappa shape index (κ2) is 5.94. The molecule has 0 saturated carbocycles. The van der Waals surface area contributed by atoms with E-state index in [0.717, 1.165) is 62.7 Å². The molecule has 128 valence electrons. The van der Waals surface area contributed by atoms with Gasteiger partial charge in [-0.1, -0.05) is 0 Å². The van der Waals surface area contributed by atoms with Gasteiger partial charge in [-0.25, -0.2) is 15.0 Å². The molecule has 2 aliphatic rings. The minimum Gasteiger partial charge on any atom is -0.354 e. The summed E-state index contributed by atoms with van der Waals surface area (Å²) in [6.07, 6.45) is 11.6. The van der Waals surface area contributed by atoms with Crippen molar-refractivity contribution in [2.24, 2.45) is 0 Å². The Labute approximate surface area is 145 Å². The van der Waals surface area contributed by atoms with Crippen LogP contribution in [0.5, 0.6) is 0 Å². The maximum Gasteiger partial charge on any atom is 0.203 e. The summed E-state index contributed by atoms with van der Waals surface area (Å²) in [4.78, 5) is 18.3. The molecule has 0 aromatic carbocycles. The zero-order chi connectivity index (χ0) is 16.6. The Morgan fingerprint density at radius 1 is 0.840 bits per heavy atom. The molecular formula is C17H20N8. The van der Waals surface area contributed by atoms with Crippen LogP contribution in [0.1, 0.15) is 24.1 Å². The standard InChI is InChI=1S/C17H20N8/c1-3-13-14(4-1)19-11-20-15(13)23-6-2-7-24(10-9-23)16-17-22-21-12-25(17)8-5-18-16/h5,8,11-12H,1-4,6-7,9-10H2. The molecule has 1 saturated heterocycles. The molecule has 3 aromatic rings. The molecule has 0 atom stereocenters. The molecule has 8 nitrogen and oxygen atoms in total. The van der Waals surface area contributed by atoms with Gasteiger partial charge in [0, 0.05) is 49.8 Å². The fourth-order valence-electron chi connectivity index (χ4n) is 3.92. The Morgan fingerprint density at radius 2 is 1.72 bits per heavy atom. The highest BCUT2D eigenvalue weighted by molar-refractivity contribution is 5.63. The van der Waals surface area contributed by atoms with Crippen molar-refractivity contribution in [1.29, 1.82) is 0 Å². The van der Waals surface area contributed by atoms with E-state index in [1.165, 1.54) is 17.7 Å². The summed E-state index contributed by atoms with van der Waals surface area (Å²) in [5.41, 5.74) is 3.41. The highest BCUT2D eigenvalue weighted by Gasteiger charge is 2.24. The van der Waals surface area contributed by atoms with E-state index in [1.807, 2.05) is 16.8 Å². The Bertz CT molecular complexity index is 905. The molecule has 5 rings (SSSR count). The van der Waals surface area contributed by atoms with Gasteiger partial charge in [0.05, 0.1) is 0 Å². The van der Waals surface area contributed by atoms with Crippen LogP contribution < -0.4 is 9.80 Å². The number of nitrogens with zero attached hydrogens (tertiary/aromatic N) is 8. The quantitative estimate of drug-likeness (QED) is 0.694. The van der Waals surface area contributed by atoms with Crippen molar-refractivity contribution in [2.45, 2.75) is 25.7 Å². The molecular weight excluding hydrogens is 316 g/mol. The molecule has 4 heterocycles. The summed E-state index contributed by atoms with van der Waals surface area (Å²) in [6, 6.07) is 0. The number of aromatic nitrogens is 6. The predicted molar refractivity (Wildman–Crippen MR) is 93.9 cm³/mol. The lowest BCUT2D eigenvalue weighted by Gasteiger charge is -2.24. The van der Waals surface area contributed by atoms with Crippen LogP contribution in [0.4, 0.5) is 11.6 Å². The summed E-state index contributed by atoms with van der Waals surface area (Å²) in [5, 5.41) is 8.22. The maximum atomic E-state index is 4.61. The minimum absolute atomic E-state index is 0.818. The van der Waals surface area contributed by atoms with E-state index in [9.17, 15) is 0 Å². The molecule has 0 spiro atoms. The SMILES string of the molecule is c1nc2c(c(N3CCCN(c4nccn5cnnc45)CC3)n1)CCC2. The first-order chi connectivity index (χ1) is 12.4. The van der Waals surface area contributed by atoms with Crippen molar-refractivity contribution in [2.75, 3.05) is 36.0 Å². The fourth-order valence-corrected chi connectivity index (χ4v) is 3.92.